The Hall–Kier alpha value is -2.79. The molecule has 0 spiro atoms. The molecule has 33 heavy (non-hydrogen) atoms. The van der Waals surface area contributed by atoms with Crippen molar-refractivity contribution in [3.05, 3.63) is 53.6 Å². The first-order chi connectivity index (χ1) is 15.4. The quantitative estimate of drug-likeness (QED) is 0.675. The van der Waals surface area contributed by atoms with Gasteiger partial charge in [-0.3, -0.25) is 4.79 Å². The van der Waals surface area contributed by atoms with Gasteiger partial charge >= 0.3 is 12.3 Å². The van der Waals surface area contributed by atoms with Crippen LogP contribution in [0.3, 0.4) is 0 Å². The fourth-order valence-electron chi connectivity index (χ4n) is 4.70. The maximum absolute atomic E-state index is 13.5. The minimum atomic E-state index is -4.76. The molecule has 2 fully saturated rings. The monoisotopic (exact) mass is 484 g/mol. The van der Waals surface area contributed by atoms with Crippen LogP contribution in [0.2, 0.25) is 0 Å². The summed E-state index contributed by atoms with van der Waals surface area (Å²) >= 11 is 0. The van der Waals surface area contributed by atoms with Crippen LogP contribution in [0, 0.1) is 6.92 Å². The number of alkyl halides is 3. The largest absolute Gasteiger partial charge is 0.573 e. The van der Waals surface area contributed by atoms with Gasteiger partial charge in [0.2, 0.25) is 10.0 Å². The van der Waals surface area contributed by atoms with Crippen LogP contribution >= 0.6 is 0 Å². The summed E-state index contributed by atoms with van der Waals surface area (Å²) in [6.07, 6.45) is -3.69. The van der Waals surface area contributed by atoms with Gasteiger partial charge in [0.25, 0.3) is 0 Å². The van der Waals surface area contributed by atoms with Gasteiger partial charge in [-0.15, -0.1) is 13.2 Å². The number of halogens is 3. The number of carboxylic acid groups (broad SMARTS) is 1. The highest BCUT2D eigenvalue weighted by Crippen LogP contribution is 2.38. The van der Waals surface area contributed by atoms with Crippen molar-refractivity contribution in [1.29, 1.82) is 0 Å². The third-order valence-corrected chi connectivity index (χ3v) is 7.87. The molecule has 2 bridgehead atoms. The molecule has 2 aromatic carbocycles. The first-order valence-electron chi connectivity index (χ1n) is 10.4. The third-order valence-electron chi connectivity index (χ3n) is 5.89. The van der Waals surface area contributed by atoms with E-state index in [0.717, 1.165) is 0 Å². The molecule has 2 heterocycles. The van der Waals surface area contributed by atoms with Gasteiger partial charge in [-0.2, -0.15) is 4.31 Å². The zero-order valence-electron chi connectivity index (χ0n) is 17.7. The van der Waals surface area contributed by atoms with E-state index in [-0.39, 0.29) is 29.1 Å². The predicted molar refractivity (Wildman–Crippen MR) is 114 cm³/mol. The molecule has 178 valence electrons. The van der Waals surface area contributed by atoms with Crippen molar-refractivity contribution in [3.8, 4) is 5.75 Å². The maximum atomic E-state index is 13.5. The molecule has 2 aliphatic heterocycles. The summed E-state index contributed by atoms with van der Waals surface area (Å²) in [7, 11) is -3.84. The van der Waals surface area contributed by atoms with Gasteiger partial charge < -0.3 is 14.7 Å². The number of piperazine rings is 1. The van der Waals surface area contributed by atoms with E-state index in [1.165, 1.54) is 34.6 Å². The van der Waals surface area contributed by atoms with Crippen LogP contribution in [-0.2, 0) is 21.2 Å². The Bertz CT molecular complexity index is 1140. The Morgan fingerprint density at radius 1 is 1.09 bits per heavy atom. The zero-order chi connectivity index (χ0) is 24.0. The van der Waals surface area contributed by atoms with Crippen molar-refractivity contribution in [1.82, 2.24) is 4.31 Å². The van der Waals surface area contributed by atoms with E-state index in [2.05, 4.69) is 4.74 Å². The van der Waals surface area contributed by atoms with Gasteiger partial charge in [-0.1, -0.05) is 6.07 Å². The smallest absolute Gasteiger partial charge is 0.481 e. The molecular formula is C22H23F3N2O5S. The highest BCUT2D eigenvalue weighted by atomic mass is 32.2. The van der Waals surface area contributed by atoms with E-state index in [0.29, 0.717) is 42.7 Å². The van der Waals surface area contributed by atoms with Gasteiger partial charge in [-0.05, 0) is 67.3 Å². The molecule has 7 nitrogen and oxygen atoms in total. The molecule has 1 N–H and O–H groups in total. The molecule has 0 aliphatic carbocycles. The normalized spacial score (nSPS) is 21.3. The maximum Gasteiger partial charge on any atom is 0.573 e. The second kappa shape index (κ2) is 8.53. The Balaban J connectivity index is 1.54. The van der Waals surface area contributed by atoms with E-state index in [1.807, 2.05) is 4.90 Å². The van der Waals surface area contributed by atoms with Crippen molar-refractivity contribution in [2.24, 2.45) is 0 Å². The molecule has 2 atom stereocenters. The molecule has 0 saturated carbocycles. The number of carboxylic acids is 1. The Morgan fingerprint density at radius 3 is 2.24 bits per heavy atom. The first-order valence-corrected chi connectivity index (χ1v) is 11.8. The van der Waals surface area contributed by atoms with Gasteiger partial charge in [-0.25, -0.2) is 8.42 Å². The van der Waals surface area contributed by atoms with Crippen molar-refractivity contribution in [2.45, 2.75) is 49.5 Å². The number of fused-ring (bicyclic) bond motifs is 2. The average molecular weight is 484 g/mol. The highest BCUT2D eigenvalue weighted by Gasteiger charge is 2.47. The van der Waals surface area contributed by atoms with Gasteiger partial charge in [0, 0.05) is 30.9 Å². The number of rotatable bonds is 6. The number of carbonyl (C=O) groups is 1. The van der Waals surface area contributed by atoms with Gasteiger partial charge in [0.05, 0.1) is 11.3 Å². The molecule has 11 heteroatoms. The summed E-state index contributed by atoms with van der Waals surface area (Å²) in [5.41, 5.74) is 1.78. The summed E-state index contributed by atoms with van der Waals surface area (Å²) in [6, 6.07) is 9.59. The number of nitrogens with zero attached hydrogens (tertiary/aromatic N) is 2. The van der Waals surface area contributed by atoms with E-state index in [9.17, 15) is 26.4 Å². The number of aryl methyl sites for hydroxylation is 1. The van der Waals surface area contributed by atoms with Crippen molar-refractivity contribution < 1.29 is 36.2 Å². The number of anilines is 1. The molecule has 0 radical (unpaired) electrons. The molecule has 2 saturated heterocycles. The predicted octanol–water partition coefficient (Wildman–Crippen LogP) is 3.56. The van der Waals surface area contributed by atoms with Crippen molar-refractivity contribution in [2.75, 3.05) is 18.0 Å². The summed E-state index contributed by atoms with van der Waals surface area (Å²) in [5.74, 6) is -1.35. The zero-order valence-corrected chi connectivity index (χ0v) is 18.6. The van der Waals surface area contributed by atoms with Crippen molar-refractivity contribution >= 4 is 21.7 Å². The van der Waals surface area contributed by atoms with Crippen LogP contribution in [0.25, 0.3) is 0 Å². The lowest BCUT2D eigenvalue weighted by atomic mass is 10.1. The Kier molecular flexibility index (Phi) is 6.04. The van der Waals surface area contributed by atoms with Crippen LogP contribution in [0.1, 0.15) is 24.0 Å². The van der Waals surface area contributed by atoms with Crippen molar-refractivity contribution in [3.63, 3.8) is 0 Å². The Morgan fingerprint density at radius 2 is 1.70 bits per heavy atom. The minimum Gasteiger partial charge on any atom is -0.481 e. The number of ether oxygens (including phenoxy) is 1. The van der Waals surface area contributed by atoms with E-state index in [4.69, 9.17) is 5.11 Å². The SMILES string of the molecule is Cc1cc(CC(=O)O)cc(S(=O)(=O)N2C3CCC2CN(c2ccc(OC(F)(F)F)cc2)C3)c1. The number of sulfonamides is 1. The van der Waals surface area contributed by atoms with Crippen LogP contribution in [0.15, 0.2) is 47.4 Å². The molecular weight excluding hydrogens is 461 g/mol. The summed E-state index contributed by atoms with van der Waals surface area (Å²) in [4.78, 5) is 13.1. The van der Waals surface area contributed by atoms with Crippen LogP contribution in [0.4, 0.5) is 18.9 Å². The lowest BCUT2D eigenvalue weighted by Crippen LogP contribution is -2.55. The van der Waals surface area contributed by atoms with Gasteiger partial charge in [0.1, 0.15) is 5.75 Å². The topological polar surface area (TPSA) is 87.1 Å². The molecule has 2 unspecified atom stereocenters. The number of aliphatic carboxylic acids is 1. The fraction of sp³-hybridized carbons (Fsp3) is 0.409. The standard InChI is InChI=1S/C22H23F3N2O5S/c1-14-8-15(11-21(28)29)10-20(9-14)33(30,31)27-17-2-3-18(27)13-26(12-17)16-4-6-19(7-5-16)32-22(23,24)25/h4-10,17-18H,2-3,11-13H2,1H3,(H,28,29). The molecule has 0 aromatic heterocycles. The first kappa shape index (κ1) is 23.4. The summed E-state index contributed by atoms with van der Waals surface area (Å²) in [6.45, 7) is 2.54. The fourth-order valence-corrected chi connectivity index (χ4v) is 6.71. The summed E-state index contributed by atoms with van der Waals surface area (Å²) < 4.78 is 69.6. The van der Waals surface area contributed by atoms with E-state index in [1.54, 1.807) is 19.1 Å². The highest BCUT2D eigenvalue weighted by molar-refractivity contribution is 7.89. The Labute approximate surface area is 189 Å². The molecule has 0 amide bonds. The summed E-state index contributed by atoms with van der Waals surface area (Å²) in [5, 5.41) is 9.08. The minimum absolute atomic E-state index is 0.0813. The lowest BCUT2D eigenvalue weighted by molar-refractivity contribution is -0.274. The second-order valence-corrected chi connectivity index (χ2v) is 10.2. The average Bonchev–Trinajstić information content (AvgIpc) is 2.97. The van der Waals surface area contributed by atoms with E-state index < -0.39 is 22.4 Å². The van der Waals surface area contributed by atoms with Crippen LogP contribution in [-0.4, -0.2) is 55.3 Å². The van der Waals surface area contributed by atoms with Crippen LogP contribution < -0.4 is 9.64 Å². The third kappa shape index (κ3) is 5.09. The number of hydrogen-bond acceptors (Lipinski definition) is 5. The molecule has 2 aromatic rings. The lowest BCUT2D eigenvalue weighted by Gasteiger charge is -2.41. The second-order valence-electron chi connectivity index (χ2n) is 8.39. The molecule has 2 aliphatic rings. The van der Waals surface area contributed by atoms with Gasteiger partial charge in [0.15, 0.2) is 0 Å². The molecule has 4 rings (SSSR count). The number of hydrogen-bond donors (Lipinski definition) is 1. The van der Waals surface area contributed by atoms with Crippen LogP contribution in [0.5, 0.6) is 5.75 Å². The van der Waals surface area contributed by atoms with E-state index >= 15 is 0 Å². The number of benzene rings is 2.